The Hall–Kier alpha value is -2.25. The largest absolute Gasteiger partial charge is 0.494 e. The van der Waals surface area contributed by atoms with Gasteiger partial charge in [-0.25, -0.2) is 13.1 Å². The van der Waals surface area contributed by atoms with Gasteiger partial charge in [0.15, 0.2) is 11.5 Å². The first-order valence-electron chi connectivity index (χ1n) is 7.69. The molecule has 1 N–H and O–H groups in total. The quantitative estimate of drug-likeness (QED) is 0.865. The molecule has 0 saturated heterocycles. The van der Waals surface area contributed by atoms with Gasteiger partial charge in [0, 0.05) is 0 Å². The highest BCUT2D eigenvalue weighted by atomic mass is 32.2. The fourth-order valence-corrected chi connectivity index (χ4v) is 3.40. The standard InChI is InChI=1S/C17H19NO5S/c1-2-21-13-7-9-15(10-8-13)24(19,20)18-11-14-12-22-16-5-3-4-6-17(16)23-14/h3-10,14,18H,2,11-12H2,1H3. The van der Waals surface area contributed by atoms with E-state index < -0.39 is 10.0 Å². The summed E-state index contributed by atoms with van der Waals surface area (Å²) < 4.78 is 43.9. The van der Waals surface area contributed by atoms with E-state index in [4.69, 9.17) is 14.2 Å². The van der Waals surface area contributed by atoms with Crippen LogP contribution in [0.4, 0.5) is 0 Å². The Morgan fingerprint density at radius 2 is 1.83 bits per heavy atom. The highest BCUT2D eigenvalue weighted by molar-refractivity contribution is 7.89. The van der Waals surface area contributed by atoms with Crippen molar-refractivity contribution in [1.82, 2.24) is 4.72 Å². The fourth-order valence-electron chi connectivity index (χ4n) is 2.33. The SMILES string of the molecule is CCOc1ccc(S(=O)(=O)NCC2COc3ccccc3O2)cc1. The van der Waals surface area contributed by atoms with Gasteiger partial charge in [0.2, 0.25) is 10.0 Å². The molecular formula is C17H19NO5S. The minimum absolute atomic E-state index is 0.129. The summed E-state index contributed by atoms with van der Waals surface area (Å²) in [5, 5.41) is 0. The third-order valence-corrected chi connectivity index (χ3v) is 4.95. The lowest BCUT2D eigenvalue weighted by Gasteiger charge is -2.26. The van der Waals surface area contributed by atoms with Gasteiger partial charge < -0.3 is 14.2 Å². The predicted molar refractivity (Wildman–Crippen MR) is 89.2 cm³/mol. The van der Waals surface area contributed by atoms with Crippen LogP contribution in [0.25, 0.3) is 0 Å². The number of nitrogens with one attached hydrogen (secondary N) is 1. The third-order valence-electron chi connectivity index (χ3n) is 3.51. The van der Waals surface area contributed by atoms with Crippen LogP contribution in [0, 0.1) is 0 Å². The Labute approximate surface area is 141 Å². The van der Waals surface area contributed by atoms with E-state index in [2.05, 4.69) is 4.72 Å². The molecule has 7 heteroatoms. The van der Waals surface area contributed by atoms with E-state index in [0.29, 0.717) is 30.5 Å². The third kappa shape index (κ3) is 3.80. The molecule has 0 radical (unpaired) electrons. The van der Waals surface area contributed by atoms with E-state index in [1.54, 1.807) is 18.2 Å². The molecule has 0 spiro atoms. The molecule has 1 unspecified atom stereocenters. The van der Waals surface area contributed by atoms with Gasteiger partial charge in [0.25, 0.3) is 0 Å². The van der Waals surface area contributed by atoms with Crippen molar-refractivity contribution < 1.29 is 22.6 Å². The van der Waals surface area contributed by atoms with Crippen molar-refractivity contribution >= 4 is 10.0 Å². The molecule has 1 aliphatic heterocycles. The monoisotopic (exact) mass is 349 g/mol. The van der Waals surface area contributed by atoms with Crippen LogP contribution in [-0.2, 0) is 10.0 Å². The first-order valence-corrected chi connectivity index (χ1v) is 9.18. The summed E-state index contributed by atoms with van der Waals surface area (Å²) in [6.45, 7) is 2.83. The van der Waals surface area contributed by atoms with Crippen LogP contribution in [0.1, 0.15) is 6.92 Å². The van der Waals surface area contributed by atoms with Gasteiger partial charge >= 0.3 is 0 Å². The van der Waals surface area contributed by atoms with E-state index in [0.717, 1.165) is 0 Å². The lowest BCUT2D eigenvalue weighted by Crippen LogP contribution is -2.40. The van der Waals surface area contributed by atoms with Crippen LogP contribution in [-0.4, -0.2) is 34.3 Å². The van der Waals surface area contributed by atoms with Crippen molar-refractivity contribution in [3.8, 4) is 17.2 Å². The maximum Gasteiger partial charge on any atom is 0.240 e. The molecule has 1 heterocycles. The van der Waals surface area contributed by atoms with Crippen LogP contribution in [0.15, 0.2) is 53.4 Å². The summed E-state index contributed by atoms with van der Waals surface area (Å²) in [6, 6.07) is 13.6. The average molecular weight is 349 g/mol. The van der Waals surface area contributed by atoms with Crippen molar-refractivity contribution in [3.05, 3.63) is 48.5 Å². The summed E-state index contributed by atoms with van der Waals surface area (Å²) in [6.07, 6.45) is -0.377. The molecule has 0 saturated carbocycles. The zero-order chi connectivity index (χ0) is 17.0. The van der Waals surface area contributed by atoms with Gasteiger partial charge in [-0.15, -0.1) is 0 Å². The normalized spacial score (nSPS) is 16.6. The minimum atomic E-state index is -3.61. The number of hydrogen-bond acceptors (Lipinski definition) is 5. The van der Waals surface area contributed by atoms with E-state index in [1.165, 1.54) is 12.1 Å². The Balaban J connectivity index is 1.61. The second kappa shape index (κ2) is 7.11. The zero-order valence-corrected chi connectivity index (χ0v) is 14.1. The second-order valence-corrected chi connectivity index (χ2v) is 7.02. The molecule has 6 nitrogen and oxygen atoms in total. The minimum Gasteiger partial charge on any atom is -0.494 e. The molecule has 2 aromatic rings. The van der Waals surface area contributed by atoms with Crippen LogP contribution in [0.5, 0.6) is 17.2 Å². The average Bonchev–Trinajstić information content (AvgIpc) is 2.61. The Morgan fingerprint density at radius 1 is 1.12 bits per heavy atom. The van der Waals surface area contributed by atoms with Crippen LogP contribution in [0.2, 0.25) is 0 Å². The molecule has 0 aliphatic carbocycles. The second-order valence-electron chi connectivity index (χ2n) is 5.25. The van der Waals surface area contributed by atoms with E-state index in [-0.39, 0.29) is 17.5 Å². The lowest BCUT2D eigenvalue weighted by molar-refractivity contribution is 0.0943. The molecule has 1 atom stereocenters. The molecule has 0 bridgehead atoms. The summed E-state index contributed by atoms with van der Waals surface area (Å²) >= 11 is 0. The number of ether oxygens (including phenoxy) is 3. The summed E-state index contributed by atoms with van der Waals surface area (Å²) in [5.41, 5.74) is 0. The predicted octanol–water partition coefficient (Wildman–Crippen LogP) is 2.20. The maximum absolute atomic E-state index is 12.3. The Morgan fingerprint density at radius 3 is 2.54 bits per heavy atom. The van der Waals surface area contributed by atoms with Crippen LogP contribution < -0.4 is 18.9 Å². The van der Waals surface area contributed by atoms with E-state index in [1.807, 2.05) is 25.1 Å². The van der Waals surface area contributed by atoms with Gasteiger partial charge in [0.1, 0.15) is 18.5 Å². The topological polar surface area (TPSA) is 73.9 Å². The van der Waals surface area contributed by atoms with Crippen LogP contribution in [0.3, 0.4) is 0 Å². The van der Waals surface area contributed by atoms with Crippen molar-refractivity contribution in [2.45, 2.75) is 17.9 Å². The summed E-state index contributed by atoms with van der Waals surface area (Å²) in [7, 11) is -3.61. The first-order chi connectivity index (χ1) is 11.6. The van der Waals surface area contributed by atoms with E-state index in [9.17, 15) is 8.42 Å². The van der Waals surface area contributed by atoms with E-state index >= 15 is 0 Å². The molecule has 0 aromatic heterocycles. The maximum atomic E-state index is 12.3. The first kappa shape index (κ1) is 16.6. The molecule has 0 fully saturated rings. The number of fused-ring (bicyclic) bond motifs is 1. The zero-order valence-electron chi connectivity index (χ0n) is 13.3. The van der Waals surface area contributed by atoms with Crippen molar-refractivity contribution in [3.63, 3.8) is 0 Å². The molecule has 3 rings (SSSR count). The molecular weight excluding hydrogens is 330 g/mol. The molecule has 1 aliphatic rings. The van der Waals surface area contributed by atoms with Crippen molar-refractivity contribution in [1.29, 1.82) is 0 Å². The fraction of sp³-hybridized carbons (Fsp3) is 0.294. The number of rotatable bonds is 6. The molecule has 24 heavy (non-hydrogen) atoms. The summed E-state index contributed by atoms with van der Waals surface area (Å²) in [4.78, 5) is 0.183. The summed E-state index contributed by atoms with van der Waals surface area (Å²) in [5.74, 6) is 1.93. The smallest absolute Gasteiger partial charge is 0.240 e. The number of para-hydroxylation sites is 2. The van der Waals surface area contributed by atoms with Crippen molar-refractivity contribution in [2.75, 3.05) is 19.8 Å². The van der Waals surface area contributed by atoms with Gasteiger partial charge in [-0.1, -0.05) is 12.1 Å². The number of benzene rings is 2. The highest BCUT2D eigenvalue weighted by Gasteiger charge is 2.23. The number of hydrogen-bond donors (Lipinski definition) is 1. The van der Waals surface area contributed by atoms with Gasteiger partial charge in [0.05, 0.1) is 18.0 Å². The van der Waals surface area contributed by atoms with Crippen LogP contribution >= 0.6 is 0 Å². The number of sulfonamides is 1. The molecule has 0 amide bonds. The highest BCUT2D eigenvalue weighted by Crippen LogP contribution is 2.30. The molecule has 128 valence electrons. The van der Waals surface area contributed by atoms with Gasteiger partial charge in [-0.2, -0.15) is 0 Å². The molecule has 2 aromatic carbocycles. The lowest BCUT2D eigenvalue weighted by atomic mass is 10.2. The van der Waals surface area contributed by atoms with Gasteiger partial charge in [-0.05, 0) is 43.3 Å². The Bertz CT molecular complexity index is 789. The van der Waals surface area contributed by atoms with Gasteiger partial charge in [-0.3, -0.25) is 0 Å². The van der Waals surface area contributed by atoms with Crippen molar-refractivity contribution in [2.24, 2.45) is 0 Å². The Kier molecular flexibility index (Phi) is 4.92.